The molecule has 0 amide bonds. The monoisotopic (exact) mass is 705 g/mol. The van der Waals surface area contributed by atoms with Gasteiger partial charge in [0.2, 0.25) is 0 Å². The van der Waals surface area contributed by atoms with Crippen molar-refractivity contribution in [2.24, 2.45) is 0 Å². The second-order valence-electron chi connectivity index (χ2n) is 13.8. The summed E-state index contributed by atoms with van der Waals surface area (Å²) < 4.78 is 0. The molecule has 54 heavy (non-hydrogen) atoms. The third-order valence-corrected chi connectivity index (χ3v) is 12.2. The Kier molecular flexibility index (Phi) is 6.94. The highest BCUT2D eigenvalue weighted by Gasteiger charge is 2.55. The SMILES string of the molecule is c1ccc(-c2nc(-c3ccccc3)nc(-c3cccc4c3-c3ccccc3C43c4ccccc4-c4sc(-c5ccccc5)c(-c5ccccc5)c43)n2)cc1. The number of hydrogen-bond donors (Lipinski definition) is 0. The molecule has 3 nitrogen and oxygen atoms in total. The largest absolute Gasteiger partial charge is 0.208 e. The molecule has 0 saturated carbocycles. The molecule has 0 radical (unpaired) electrons. The number of thiophene rings is 1. The van der Waals surface area contributed by atoms with Crippen molar-refractivity contribution in [3.63, 3.8) is 0 Å². The number of rotatable bonds is 5. The van der Waals surface area contributed by atoms with E-state index >= 15 is 0 Å². The second-order valence-corrected chi connectivity index (χ2v) is 14.9. The third-order valence-electron chi connectivity index (χ3n) is 11.0. The Morgan fingerprint density at radius 1 is 0.315 bits per heavy atom. The molecular weight excluding hydrogens is 675 g/mol. The van der Waals surface area contributed by atoms with Gasteiger partial charge in [0.05, 0.1) is 5.41 Å². The first-order valence-electron chi connectivity index (χ1n) is 18.3. The van der Waals surface area contributed by atoms with Crippen LogP contribution in [0.2, 0.25) is 0 Å². The summed E-state index contributed by atoms with van der Waals surface area (Å²) in [6, 6.07) is 67.1. The average molecular weight is 706 g/mol. The van der Waals surface area contributed by atoms with E-state index in [-0.39, 0.29) is 0 Å². The maximum atomic E-state index is 5.24. The zero-order valence-corrected chi connectivity index (χ0v) is 30.0. The van der Waals surface area contributed by atoms with Crippen molar-refractivity contribution in [2.45, 2.75) is 5.41 Å². The molecular formula is C50H31N3S. The fourth-order valence-electron chi connectivity index (χ4n) is 8.80. The molecule has 252 valence electrons. The lowest BCUT2D eigenvalue weighted by Gasteiger charge is -2.31. The molecule has 0 aliphatic heterocycles. The van der Waals surface area contributed by atoms with Crippen LogP contribution in [0.3, 0.4) is 0 Å². The summed E-state index contributed by atoms with van der Waals surface area (Å²) in [4.78, 5) is 18.1. The molecule has 0 fully saturated rings. The molecule has 2 aliphatic rings. The zero-order chi connectivity index (χ0) is 35.6. The van der Waals surface area contributed by atoms with Gasteiger partial charge in [-0.15, -0.1) is 11.3 Å². The summed E-state index contributed by atoms with van der Waals surface area (Å²) in [5, 5.41) is 0. The molecule has 11 rings (SSSR count). The molecule has 1 unspecified atom stereocenters. The van der Waals surface area contributed by atoms with Gasteiger partial charge in [0.25, 0.3) is 0 Å². The van der Waals surface area contributed by atoms with Gasteiger partial charge in [-0.05, 0) is 50.1 Å². The number of fused-ring (bicyclic) bond motifs is 10. The fraction of sp³-hybridized carbons (Fsp3) is 0.0200. The minimum atomic E-state index is -0.555. The van der Waals surface area contributed by atoms with Gasteiger partial charge in [0, 0.05) is 32.0 Å². The van der Waals surface area contributed by atoms with Crippen molar-refractivity contribution in [1.29, 1.82) is 0 Å². The van der Waals surface area contributed by atoms with Crippen LogP contribution in [0.25, 0.3) is 77.3 Å². The van der Waals surface area contributed by atoms with E-state index in [1.165, 1.54) is 65.4 Å². The van der Waals surface area contributed by atoms with Crippen LogP contribution in [0.15, 0.2) is 188 Å². The highest BCUT2D eigenvalue weighted by atomic mass is 32.1. The molecule has 0 bridgehead atoms. The number of nitrogens with zero attached hydrogens (tertiary/aromatic N) is 3. The van der Waals surface area contributed by atoms with E-state index in [0.717, 1.165) is 16.7 Å². The average Bonchev–Trinajstić information content (AvgIpc) is 3.89. The van der Waals surface area contributed by atoms with Gasteiger partial charge >= 0.3 is 0 Å². The van der Waals surface area contributed by atoms with E-state index in [9.17, 15) is 0 Å². The lowest BCUT2D eigenvalue weighted by molar-refractivity contribution is 0.798. The third kappa shape index (κ3) is 4.44. The zero-order valence-electron chi connectivity index (χ0n) is 29.1. The molecule has 9 aromatic rings. The first kappa shape index (κ1) is 30.8. The lowest BCUT2D eigenvalue weighted by Crippen LogP contribution is -2.26. The van der Waals surface area contributed by atoms with Crippen LogP contribution in [0.5, 0.6) is 0 Å². The Bertz CT molecular complexity index is 2810. The molecule has 4 heteroatoms. The molecule has 2 aliphatic carbocycles. The first-order valence-corrected chi connectivity index (χ1v) is 19.1. The Balaban J connectivity index is 1.25. The second kappa shape index (κ2) is 12.2. The van der Waals surface area contributed by atoms with E-state index in [0.29, 0.717) is 17.5 Å². The summed E-state index contributed by atoms with van der Waals surface area (Å²) in [6.45, 7) is 0. The maximum Gasteiger partial charge on any atom is 0.164 e. The predicted octanol–water partition coefficient (Wildman–Crippen LogP) is 12.6. The van der Waals surface area contributed by atoms with Crippen LogP contribution >= 0.6 is 11.3 Å². The Labute approximate surface area is 318 Å². The molecule has 7 aromatic carbocycles. The van der Waals surface area contributed by atoms with E-state index in [1.54, 1.807) is 0 Å². The minimum Gasteiger partial charge on any atom is -0.208 e. The van der Waals surface area contributed by atoms with E-state index in [4.69, 9.17) is 15.0 Å². The van der Waals surface area contributed by atoms with E-state index in [2.05, 4.69) is 152 Å². The Morgan fingerprint density at radius 3 is 1.37 bits per heavy atom. The maximum absolute atomic E-state index is 5.24. The van der Waals surface area contributed by atoms with Crippen LogP contribution in [0.4, 0.5) is 0 Å². The Morgan fingerprint density at radius 2 is 0.759 bits per heavy atom. The van der Waals surface area contributed by atoms with Crippen molar-refractivity contribution in [3.05, 3.63) is 210 Å². The minimum absolute atomic E-state index is 0.555. The van der Waals surface area contributed by atoms with Gasteiger partial charge in [0.15, 0.2) is 17.5 Å². The number of hydrogen-bond acceptors (Lipinski definition) is 4. The Hall–Kier alpha value is -6.75. The van der Waals surface area contributed by atoms with E-state index in [1.807, 2.05) is 47.7 Å². The molecule has 1 spiro atoms. The van der Waals surface area contributed by atoms with Gasteiger partial charge in [-0.2, -0.15) is 0 Å². The standard InChI is InChI=1S/C50H31N3S/c1-5-18-32(19-6-1)42-44-46(54-45(42)33-20-7-2-8-21-33)37-27-14-16-30-40(37)50(44)39-29-15-13-26-36(39)43-38(28-17-31-41(43)50)49-52-47(34-22-9-3-10-23-34)51-48(53-49)35-24-11-4-12-25-35/h1-31H. The highest BCUT2D eigenvalue weighted by Crippen LogP contribution is 2.68. The van der Waals surface area contributed by atoms with Crippen LogP contribution in [0, 0.1) is 0 Å². The van der Waals surface area contributed by atoms with Crippen molar-refractivity contribution >= 4 is 11.3 Å². The summed E-state index contributed by atoms with van der Waals surface area (Å²) in [5.74, 6) is 1.97. The molecule has 1 atom stereocenters. The van der Waals surface area contributed by atoms with Gasteiger partial charge in [-0.25, -0.2) is 15.0 Å². The summed E-state index contributed by atoms with van der Waals surface area (Å²) >= 11 is 1.92. The molecule has 2 heterocycles. The van der Waals surface area contributed by atoms with Gasteiger partial charge < -0.3 is 0 Å². The van der Waals surface area contributed by atoms with Gasteiger partial charge in [-0.1, -0.05) is 188 Å². The predicted molar refractivity (Wildman–Crippen MR) is 221 cm³/mol. The fourth-order valence-corrected chi connectivity index (χ4v) is 10.2. The molecule has 0 saturated heterocycles. The molecule has 2 aromatic heterocycles. The summed E-state index contributed by atoms with van der Waals surface area (Å²) in [7, 11) is 0. The number of aromatic nitrogens is 3. The van der Waals surface area contributed by atoms with Crippen molar-refractivity contribution in [3.8, 4) is 77.3 Å². The highest BCUT2D eigenvalue weighted by molar-refractivity contribution is 7.20. The van der Waals surface area contributed by atoms with Gasteiger partial charge in [-0.3, -0.25) is 0 Å². The first-order chi connectivity index (χ1) is 26.8. The van der Waals surface area contributed by atoms with Crippen LogP contribution < -0.4 is 0 Å². The summed E-state index contributed by atoms with van der Waals surface area (Å²) in [6.07, 6.45) is 0. The van der Waals surface area contributed by atoms with Crippen molar-refractivity contribution in [2.75, 3.05) is 0 Å². The van der Waals surface area contributed by atoms with Crippen LogP contribution in [0.1, 0.15) is 22.3 Å². The van der Waals surface area contributed by atoms with Crippen molar-refractivity contribution < 1.29 is 0 Å². The topological polar surface area (TPSA) is 38.7 Å². The van der Waals surface area contributed by atoms with Crippen molar-refractivity contribution in [1.82, 2.24) is 15.0 Å². The van der Waals surface area contributed by atoms with E-state index < -0.39 is 5.41 Å². The quantitative estimate of drug-likeness (QED) is 0.179. The molecule has 0 N–H and O–H groups in total. The number of benzene rings is 7. The normalized spacial score (nSPS) is 14.7. The van der Waals surface area contributed by atoms with Crippen LogP contribution in [-0.2, 0) is 5.41 Å². The summed E-state index contributed by atoms with van der Waals surface area (Å²) in [5.41, 5.74) is 15.0. The smallest absolute Gasteiger partial charge is 0.164 e. The lowest BCUT2D eigenvalue weighted by atomic mass is 9.69. The van der Waals surface area contributed by atoms with Gasteiger partial charge in [0.1, 0.15) is 0 Å². The van der Waals surface area contributed by atoms with Crippen LogP contribution in [-0.4, -0.2) is 15.0 Å².